The maximum atomic E-state index is 6.81. The van der Waals surface area contributed by atoms with Gasteiger partial charge in [-0.2, -0.15) is 0 Å². The van der Waals surface area contributed by atoms with Crippen LogP contribution in [0.1, 0.15) is 11.1 Å². The lowest BCUT2D eigenvalue weighted by Gasteiger charge is -2.39. The topological polar surface area (TPSA) is 71.9 Å². The second-order valence-corrected chi connectivity index (χ2v) is 13.2. The fraction of sp³-hybridized carbons (Fsp3) is 0.0217. The van der Waals surface area contributed by atoms with Crippen molar-refractivity contribution in [3.63, 3.8) is 0 Å². The maximum Gasteiger partial charge on any atom is 0.164 e. The normalized spacial score (nSPS) is 16.0. The summed E-state index contributed by atoms with van der Waals surface area (Å²) in [5.41, 5.74) is 10.2. The van der Waals surface area contributed by atoms with Crippen molar-refractivity contribution in [1.82, 2.24) is 15.3 Å². The molecule has 3 aliphatic heterocycles. The summed E-state index contributed by atoms with van der Waals surface area (Å²) in [6, 6.07) is 47.0. The number of rotatable bonds is 4. The molecule has 1 N–H and O–H groups in total. The standard InChI is InChI=1S/C46H29N5O2/c1-3-14-28(15-4-1)40-30-18-7-9-22-34(30)47-45(49-40)32-20-11-24-36-43(32)52-38-26-13-27-39-42(38)51(36)37-25-12-21-33(44(37)53-39)46-48-35-23-10-8-19-31(35)41(50-46)29-16-5-2-6-17-29/h1-27,34H,(H,47,49). The highest BCUT2D eigenvalue weighted by Gasteiger charge is 2.38. The van der Waals surface area contributed by atoms with Crippen LogP contribution in [0.5, 0.6) is 23.0 Å². The lowest BCUT2D eigenvalue weighted by Crippen LogP contribution is -2.39. The number of para-hydroxylation sites is 4. The van der Waals surface area contributed by atoms with Crippen molar-refractivity contribution < 1.29 is 9.47 Å². The lowest BCUT2D eigenvalue weighted by molar-refractivity contribution is 0.446. The van der Waals surface area contributed by atoms with Crippen LogP contribution in [0.15, 0.2) is 174 Å². The Labute approximate surface area is 305 Å². The third-order valence-corrected chi connectivity index (χ3v) is 10.1. The number of allylic oxidation sites excluding steroid dienone is 2. The van der Waals surface area contributed by atoms with Crippen molar-refractivity contribution in [2.75, 3.05) is 4.90 Å². The molecule has 0 amide bonds. The molecule has 0 saturated heterocycles. The molecule has 7 aromatic rings. The molecule has 1 aromatic heterocycles. The van der Waals surface area contributed by atoms with Crippen LogP contribution in [0.2, 0.25) is 0 Å². The Bertz CT molecular complexity index is 2770. The van der Waals surface area contributed by atoms with Gasteiger partial charge in [-0.1, -0.05) is 121 Å². The Hall–Kier alpha value is -7.25. The zero-order chi connectivity index (χ0) is 34.9. The summed E-state index contributed by atoms with van der Waals surface area (Å²) < 4.78 is 13.6. The summed E-state index contributed by atoms with van der Waals surface area (Å²) in [6.45, 7) is 0. The van der Waals surface area contributed by atoms with Crippen LogP contribution in [-0.2, 0) is 0 Å². The fourth-order valence-corrected chi connectivity index (χ4v) is 7.68. The summed E-state index contributed by atoms with van der Waals surface area (Å²) in [5.74, 6) is 4.11. The van der Waals surface area contributed by atoms with Crippen LogP contribution in [0.3, 0.4) is 0 Å². The minimum absolute atomic E-state index is 0.0320. The average Bonchev–Trinajstić information content (AvgIpc) is 3.23. The van der Waals surface area contributed by atoms with Gasteiger partial charge in [0.2, 0.25) is 0 Å². The first-order valence-electron chi connectivity index (χ1n) is 17.7. The molecule has 0 fully saturated rings. The van der Waals surface area contributed by atoms with Gasteiger partial charge in [0.15, 0.2) is 28.8 Å². The molecule has 1 unspecified atom stereocenters. The van der Waals surface area contributed by atoms with Crippen LogP contribution in [0, 0.1) is 0 Å². The monoisotopic (exact) mass is 683 g/mol. The number of ether oxygens (including phenoxy) is 2. The van der Waals surface area contributed by atoms with Gasteiger partial charge in [-0.3, -0.25) is 4.90 Å². The quantitative estimate of drug-likeness (QED) is 0.199. The summed E-state index contributed by atoms with van der Waals surface area (Å²) >= 11 is 0. The number of hydrogen-bond acceptors (Lipinski definition) is 7. The number of aromatic nitrogens is 2. The van der Waals surface area contributed by atoms with E-state index in [1.807, 2.05) is 72.8 Å². The highest BCUT2D eigenvalue weighted by Crippen LogP contribution is 2.61. The number of nitrogens with one attached hydrogen (secondary N) is 1. The number of hydrogen-bond donors (Lipinski definition) is 1. The summed E-state index contributed by atoms with van der Waals surface area (Å²) in [6.07, 6.45) is 8.45. The number of benzene rings is 6. The van der Waals surface area contributed by atoms with Crippen molar-refractivity contribution in [2.24, 2.45) is 4.99 Å². The van der Waals surface area contributed by atoms with Crippen LogP contribution < -0.4 is 19.7 Å². The van der Waals surface area contributed by atoms with Gasteiger partial charge in [-0.05, 0) is 42.5 Å². The van der Waals surface area contributed by atoms with Gasteiger partial charge in [0.1, 0.15) is 11.5 Å². The molecule has 1 atom stereocenters. The summed E-state index contributed by atoms with van der Waals surface area (Å²) in [4.78, 5) is 17.8. The minimum Gasteiger partial charge on any atom is -0.452 e. The van der Waals surface area contributed by atoms with Crippen molar-refractivity contribution in [3.05, 3.63) is 181 Å². The zero-order valence-electron chi connectivity index (χ0n) is 28.3. The molecule has 53 heavy (non-hydrogen) atoms. The van der Waals surface area contributed by atoms with E-state index in [9.17, 15) is 0 Å². The number of amidine groups is 1. The minimum atomic E-state index is -0.0320. The molecule has 1 aliphatic carbocycles. The maximum absolute atomic E-state index is 6.81. The second kappa shape index (κ2) is 11.6. The SMILES string of the molecule is C1=CC2=C(c3ccccc3)N=C(c3cccc4c3Oc3cccc5c3N4c3cccc(-c4nc(-c6ccccc6)c6ccccc6n4)c3O5)NC2C=C1. The Morgan fingerprint density at radius 2 is 1.25 bits per heavy atom. The molecule has 0 spiro atoms. The van der Waals surface area contributed by atoms with E-state index in [4.69, 9.17) is 24.4 Å². The van der Waals surface area contributed by atoms with Crippen LogP contribution in [-0.4, -0.2) is 21.8 Å². The molecule has 0 bridgehead atoms. The number of anilines is 3. The molecule has 7 nitrogen and oxygen atoms in total. The van der Waals surface area contributed by atoms with E-state index in [1.54, 1.807) is 0 Å². The van der Waals surface area contributed by atoms with Crippen molar-refractivity contribution in [1.29, 1.82) is 0 Å². The Morgan fingerprint density at radius 1 is 0.585 bits per heavy atom. The first kappa shape index (κ1) is 29.5. The van der Waals surface area contributed by atoms with Crippen molar-refractivity contribution >= 4 is 39.5 Å². The van der Waals surface area contributed by atoms with Gasteiger partial charge in [0.05, 0.1) is 45.5 Å². The van der Waals surface area contributed by atoms with Gasteiger partial charge in [0, 0.05) is 22.1 Å². The van der Waals surface area contributed by atoms with E-state index in [2.05, 4.69) is 101 Å². The third kappa shape index (κ3) is 4.64. The Morgan fingerprint density at radius 3 is 2.02 bits per heavy atom. The molecule has 6 aromatic carbocycles. The summed E-state index contributed by atoms with van der Waals surface area (Å²) in [7, 11) is 0. The van der Waals surface area contributed by atoms with E-state index < -0.39 is 0 Å². The van der Waals surface area contributed by atoms with Gasteiger partial charge in [0.25, 0.3) is 0 Å². The van der Waals surface area contributed by atoms with E-state index in [0.29, 0.717) is 28.8 Å². The van der Waals surface area contributed by atoms with Gasteiger partial charge in [-0.15, -0.1) is 0 Å². The first-order chi connectivity index (χ1) is 26.3. The van der Waals surface area contributed by atoms with Crippen LogP contribution in [0.25, 0.3) is 39.2 Å². The van der Waals surface area contributed by atoms with Crippen molar-refractivity contribution in [3.8, 4) is 45.6 Å². The molecule has 7 heteroatoms. The third-order valence-electron chi connectivity index (χ3n) is 10.1. The Kier molecular flexibility index (Phi) is 6.48. The summed E-state index contributed by atoms with van der Waals surface area (Å²) in [5, 5.41) is 4.70. The molecular formula is C46H29N5O2. The van der Waals surface area contributed by atoms with E-state index in [0.717, 1.165) is 73.0 Å². The van der Waals surface area contributed by atoms with Crippen LogP contribution in [0.4, 0.5) is 17.1 Å². The van der Waals surface area contributed by atoms with Crippen molar-refractivity contribution in [2.45, 2.75) is 6.04 Å². The van der Waals surface area contributed by atoms with Gasteiger partial charge < -0.3 is 14.8 Å². The molecule has 4 aliphatic rings. The molecular weight excluding hydrogens is 655 g/mol. The molecule has 11 rings (SSSR count). The van der Waals surface area contributed by atoms with Gasteiger partial charge in [-0.25, -0.2) is 15.0 Å². The largest absolute Gasteiger partial charge is 0.452 e. The van der Waals surface area contributed by atoms with Gasteiger partial charge >= 0.3 is 0 Å². The number of nitrogens with zero attached hydrogens (tertiary/aromatic N) is 4. The van der Waals surface area contributed by atoms with Crippen LogP contribution >= 0.6 is 0 Å². The average molecular weight is 684 g/mol. The highest BCUT2D eigenvalue weighted by atomic mass is 16.5. The zero-order valence-corrected chi connectivity index (χ0v) is 28.3. The van der Waals surface area contributed by atoms with E-state index in [1.165, 1.54) is 0 Å². The smallest absolute Gasteiger partial charge is 0.164 e. The molecule has 250 valence electrons. The second-order valence-electron chi connectivity index (χ2n) is 13.2. The first-order valence-corrected chi connectivity index (χ1v) is 17.7. The molecule has 0 saturated carbocycles. The highest BCUT2D eigenvalue weighted by molar-refractivity contribution is 6.09. The number of aliphatic imine (C=N–C) groups is 1. The van der Waals surface area contributed by atoms with E-state index in [-0.39, 0.29) is 6.04 Å². The number of fused-ring (bicyclic) bond motifs is 6. The molecule has 0 radical (unpaired) electrons. The van der Waals surface area contributed by atoms with E-state index >= 15 is 0 Å². The molecule has 4 heterocycles. The Balaban J connectivity index is 1.09. The fourth-order valence-electron chi connectivity index (χ4n) is 7.68. The predicted octanol–water partition coefficient (Wildman–Crippen LogP) is 10.9. The lowest BCUT2D eigenvalue weighted by atomic mass is 9.94. The predicted molar refractivity (Wildman–Crippen MR) is 210 cm³/mol.